The van der Waals surface area contributed by atoms with Crippen LogP contribution < -0.4 is 10.6 Å². The van der Waals surface area contributed by atoms with Crippen molar-refractivity contribution in [2.75, 3.05) is 5.32 Å². The number of aromatic amines is 1. The molecule has 0 fully saturated rings. The Morgan fingerprint density at radius 2 is 1.53 bits per heavy atom. The Balaban J connectivity index is 1.34. The molecule has 162 valence electrons. The maximum Gasteiger partial charge on any atom is 0.255 e. The van der Waals surface area contributed by atoms with E-state index in [0.29, 0.717) is 23.4 Å². The normalized spacial score (nSPS) is 11.3. The van der Waals surface area contributed by atoms with Crippen LogP contribution in [0.4, 0.5) is 5.69 Å². The first-order valence-corrected chi connectivity index (χ1v) is 10.5. The summed E-state index contributed by atoms with van der Waals surface area (Å²) < 4.78 is 0. The summed E-state index contributed by atoms with van der Waals surface area (Å²) in [7, 11) is 0. The van der Waals surface area contributed by atoms with E-state index in [1.165, 1.54) is 5.56 Å². The van der Waals surface area contributed by atoms with Crippen molar-refractivity contribution in [3.05, 3.63) is 95.2 Å². The molecular formula is C26H26N4O2. The van der Waals surface area contributed by atoms with E-state index in [1.807, 2.05) is 54.6 Å². The van der Waals surface area contributed by atoms with E-state index in [2.05, 4.69) is 41.6 Å². The van der Waals surface area contributed by atoms with Gasteiger partial charge in [-0.3, -0.25) is 14.7 Å². The van der Waals surface area contributed by atoms with Gasteiger partial charge < -0.3 is 10.6 Å². The quantitative estimate of drug-likeness (QED) is 0.418. The molecular weight excluding hydrogens is 400 g/mol. The minimum absolute atomic E-state index is 0.0505. The van der Waals surface area contributed by atoms with Gasteiger partial charge in [0.1, 0.15) is 0 Å². The summed E-state index contributed by atoms with van der Waals surface area (Å²) >= 11 is 0. The second-order valence-corrected chi connectivity index (χ2v) is 8.83. The monoisotopic (exact) mass is 426 g/mol. The van der Waals surface area contributed by atoms with Crippen LogP contribution in [0.5, 0.6) is 0 Å². The Bertz CT molecular complexity index is 1250. The molecule has 4 rings (SSSR count). The number of aromatic nitrogens is 2. The maximum atomic E-state index is 12.5. The number of benzene rings is 3. The molecule has 3 N–H and O–H groups in total. The second-order valence-electron chi connectivity index (χ2n) is 8.83. The predicted octanol–water partition coefficient (Wildman–Crippen LogP) is 5.04. The molecule has 2 amide bonds. The lowest BCUT2D eigenvalue weighted by Gasteiger charge is -2.19. The minimum atomic E-state index is -0.196. The van der Waals surface area contributed by atoms with Crippen LogP contribution in [0, 0.1) is 0 Å². The third-order valence-corrected chi connectivity index (χ3v) is 5.38. The number of hydrogen-bond acceptors (Lipinski definition) is 3. The van der Waals surface area contributed by atoms with E-state index in [4.69, 9.17) is 0 Å². The van der Waals surface area contributed by atoms with Crippen molar-refractivity contribution in [1.29, 1.82) is 0 Å². The zero-order valence-electron chi connectivity index (χ0n) is 18.4. The first-order valence-electron chi connectivity index (χ1n) is 10.5. The maximum absolute atomic E-state index is 12.5. The van der Waals surface area contributed by atoms with Gasteiger partial charge in [0.15, 0.2) is 0 Å². The van der Waals surface area contributed by atoms with Crippen LogP contribution in [0.15, 0.2) is 72.9 Å². The van der Waals surface area contributed by atoms with Crippen molar-refractivity contribution < 1.29 is 9.59 Å². The average Bonchev–Trinajstić information content (AvgIpc) is 3.25. The van der Waals surface area contributed by atoms with Crippen LogP contribution >= 0.6 is 0 Å². The number of H-pyrrole nitrogens is 1. The highest BCUT2D eigenvalue weighted by Crippen LogP contribution is 2.22. The van der Waals surface area contributed by atoms with Gasteiger partial charge in [-0.2, -0.15) is 5.10 Å². The van der Waals surface area contributed by atoms with Crippen molar-refractivity contribution >= 4 is 28.4 Å². The van der Waals surface area contributed by atoms with Gasteiger partial charge in [0.25, 0.3) is 11.8 Å². The topological polar surface area (TPSA) is 86.9 Å². The van der Waals surface area contributed by atoms with Gasteiger partial charge in [-0.15, -0.1) is 0 Å². The van der Waals surface area contributed by atoms with Crippen molar-refractivity contribution in [2.45, 2.75) is 32.7 Å². The number of rotatable bonds is 5. The number of nitrogens with one attached hydrogen (secondary N) is 3. The minimum Gasteiger partial charge on any atom is -0.348 e. The Morgan fingerprint density at radius 1 is 0.875 bits per heavy atom. The summed E-state index contributed by atoms with van der Waals surface area (Å²) in [6, 6.07) is 20.5. The highest BCUT2D eigenvalue weighted by atomic mass is 16.2. The summed E-state index contributed by atoms with van der Waals surface area (Å²) in [6.07, 6.45) is 1.74. The molecule has 1 aromatic heterocycles. The highest BCUT2D eigenvalue weighted by molar-refractivity contribution is 6.05. The molecule has 0 bridgehead atoms. The lowest BCUT2D eigenvalue weighted by molar-refractivity contribution is 0.0949. The zero-order valence-corrected chi connectivity index (χ0v) is 18.4. The van der Waals surface area contributed by atoms with E-state index in [9.17, 15) is 9.59 Å². The average molecular weight is 427 g/mol. The number of nitrogens with zero attached hydrogens (tertiary/aromatic N) is 1. The largest absolute Gasteiger partial charge is 0.348 e. The molecule has 3 aromatic carbocycles. The van der Waals surface area contributed by atoms with Crippen molar-refractivity contribution in [3.63, 3.8) is 0 Å². The number of fused-ring (bicyclic) bond motifs is 1. The van der Waals surface area contributed by atoms with Crippen molar-refractivity contribution in [3.8, 4) is 0 Å². The van der Waals surface area contributed by atoms with E-state index in [1.54, 1.807) is 18.3 Å². The molecule has 6 nitrogen and oxygen atoms in total. The van der Waals surface area contributed by atoms with Crippen molar-refractivity contribution in [2.24, 2.45) is 0 Å². The van der Waals surface area contributed by atoms with Gasteiger partial charge in [-0.05, 0) is 59.0 Å². The van der Waals surface area contributed by atoms with Gasteiger partial charge in [0.2, 0.25) is 0 Å². The smallest absolute Gasteiger partial charge is 0.255 e. The molecule has 0 radical (unpaired) electrons. The molecule has 0 unspecified atom stereocenters. The molecule has 0 spiro atoms. The number of carbonyl (C=O) groups excluding carboxylic acids is 2. The Hall–Kier alpha value is -3.93. The van der Waals surface area contributed by atoms with Gasteiger partial charge in [-0.25, -0.2) is 0 Å². The zero-order chi connectivity index (χ0) is 22.7. The summed E-state index contributed by atoms with van der Waals surface area (Å²) in [4.78, 5) is 25.0. The molecule has 0 aliphatic rings. The third-order valence-electron chi connectivity index (χ3n) is 5.38. The Labute approximate surface area is 187 Å². The molecule has 0 saturated heterocycles. The predicted molar refractivity (Wildman–Crippen MR) is 127 cm³/mol. The lowest BCUT2D eigenvalue weighted by atomic mass is 9.87. The van der Waals surface area contributed by atoms with Gasteiger partial charge in [0.05, 0.1) is 11.7 Å². The third kappa shape index (κ3) is 4.86. The van der Waals surface area contributed by atoms with Crippen LogP contribution in [-0.4, -0.2) is 22.0 Å². The molecule has 0 aliphatic heterocycles. The van der Waals surface area contributed by atoms with Crippen LogP contribution in [0.25, 0.3) is 10.9 Å². The number of carbonyl (C=O) groups is 2. The number of hydrogen-bond donors (Lipinski definition) is 3. The summed E-state index contributed by atoms with van der Waals surface area (Å²) in [5.41, 5.74) is 4.88. The highest BCUT2D eigenvalue weighted by Gasteiger charge is 2.14. The molecule has 0 aliphatic carbocycles. The molecule has 1 heterocycles. The van der Waals surface area contributed by atoms with Crippen LogP contribution in [0.3, 0.4) is 0 Å². The van der Waals surface area contributed by atoms with Crippen LogP contribution in [0.2, 0.25) is 0 Å². The number of amides is 2. The molecule has 0 saturated carbocycles. The second kappa shape index (κ2) is 8.67. The van der Waals surface area contributed by atoms with E-state index >= 15 is 0 Å². The molecule has 32 heavy (non-hydrogen) atoms. The SMILES string of the molecule is CC(C)(C)c1ccc(C(=O)NCc2ccc(C(=O)Nc3ccc4cn[nH]c4c3)cc2)cc1. The molecule has 6 heteroatoms. The lowest BCUT2D eigenvalue weighted by Crippen LogP contribution is -2.23. The van der Waals surface area contributed by atoms with Gasteiger partial charge >= 0.3 is 0 Å². The summed E-state index contributed by atoms with van der Waals surface area (Å²) in [5.74, 6) is -0.320. The van der Waals surface area contributed by atoms with Gasteiger partial charge in [0, 0.05) is 28.7 Å². The fourth-order valence-electron chi connectivity index (χ4n) is 3.40. The molecule has 4 aromatic rings. The van der Waals surface area contributed by atoms with Crippen LogP contribution in [0.1, 0.15) is 52.6 Å². The Kier molecular flexibility index (Phi) is 5.77. The standard InChI is InChI=1S/C26H26N4O2/c1-26(2,3)21-11-8-18(9-12-21)24(31)27-15-17-4-6-19(7-5-17)25(32)29-22-13-10-20-16-28-30-23(20)14-22/h4-14,16H,15H2,1-3H3,(H,27,31)(H,28,30)(H,29,32). The first-order chi connectivity index (χ1) is 15.3. The summed E-state index contributed by atoms with van der Waals surface area (Å²) in [6.45, 7) is 6.82. The fraction of sp³-hybridized carbons (Fsp3) is 0.192. The summed E-state index contributed by atoms with van der Waals surface area (Å²) in [5, 5.41) is 13.7. The van der Waals surface area contributed by atoms with E-state index < -0.39 is 0 Å². The van der Waals surface area contributed by atoms with Gasteiger partial charge in [-0.1, -0.05) is 45.0 Å². The van der Waals surface area contributed by atoms with Crippen molar-refractivity contribution in [1.82, 2.24) is 15.5 Å². The first kappa shape index (κ1) is 21.3. The van der Waals surface area contributed by atoms with Crippen LogP contribution in [-0.2, 0) is 12.0 Å². The van der Waals surface area contributed by atoms with E-state index in [-0.39, 0.29) is 17.2 Å². The Morgan fingerprint density at radius 3 is 2.22 bits per heavy atom. The number of anilines is 1. The van der Waals surface area contributed by atoms with E-state index in [0.717, 1.165) is 16.5 Å². The molecule has 0 atom stereocenters. The fourth-order valence-corrected chi connectivity index (χ4v) is 3.40.